The van der Waals surface area contributed by atoms with Crippen molar-refractivity contribution in [2.75, 3.05) is 6.61 Å². The first-order valence-electron chi connectivity index (χ1n) is 12.0. The van der Waals surface area contributed by atoms with E-state index in [1.165, 1.54) is 4.57 Å². The first kappa shape index (κ1) is 29.5. The molecule has 0 fully saturated rings. The molecule has 4 atom stereocenters. The third-order valence-electron chi connectivity index (χ3n) is 6.19. The van der Waals surface area contributed by atoms with Crippen LogP contribution >= 0.6 is 0 Å². The first-order chi connectivity index (χ1) is 18.4. The van der Waals surface area contributed by atoms with Crippen LogP contribution in [0.15, 0.2) is 52.1 Å². The summed E-state index contributed by atoms with van der Waals surface area (Å²) in [6.45, 7) is 2.73. The number of aromatic nitrogens is 4. The van der Waals surface area contributed by atoms with Crippen LogP contribution in [-0.4, -0.2) is 82.0 Å². The van der Waals surface area contributed by atoms with Crippen LogP contribution in [0.1, 0.15) is 16.7 Å². The molecule has 0 aliphatic carbocycles. The van der Waals surface area contributed by atoms with E-state index in [4.69, 9.17) is 15.9 Å². The van der Waals surface area contributed by atoms with Gasteiger partial charge < -0.3 is 35.8 Å². The summed E-state index contributed by atoms with van der Waals surface area (Å²) in [7, 11) is 0. The summed E-state index contributed by atoms with van der Waals surface area (Å²) in [6.07, 6.45) is -4.30. The second-order valence-electron chi connectivity index (χ2n) is 9.13. The van der Waals surface area contributed by atoms with Gasteiger partial charge in [-0.2, -0.15) is 4.98 Å². The van der Waals surface area contributed by atoms with Gasteiger partial charge in [0.05, 0.1) is 24.2 Å². The number of rotatable bonds is 8. The summed E-state index contributed by atoms with van der Waals surface area (Å²) in [5.41, 5.74) is 7.41. The Morgan fingerprint density at radius 3 is 2.28 bits per heavy atom. The third-order valence-corrected chi connectivity index (χ3v) is 6.19. The molecule has 2 aliphatic rings. The van der Waals surface area contributed by atoms with Gasteiger partial charge in [-0.15, -0.1) is 0 Å². The molecule has 2 aliphatic heterocycles. The lowest BCUT2D eigenvalue weighted by Crippen LogP contribution is -2.42. The fourth-order valence-corrected chi connectivity index (χ4v) is 3.85. The topological polar surface area (TPSA) is 225 Å². The Labute approximate surface area is 222 Å². The lowest BCUT2D eigenvalue weighted by molar-refractivity contribution is -0.138. The number of nitrogens with two attached hydrogens (primary N) is 1. The molecule has 13 heteroatoms. The van der Waals surface area contributed by atoms with Gasteiger partial charge in [0.1, 0.15) is 24.4 Å². The highest BCUT2D eigenvalue weighted by Gasteiger charge is 2.27. The van der Waals surface area contributed by atoms with Gasteiger partial charge in [0, 0.05) is 0 Å². The Balaban J connectivity index is 0.000000293. The smallest absolute Gasteiger partial charge is 0.349 e. The van der Waals surface area contributed by atoms with Crippen molar-refractivity contribution >= 4 is 17.0 Å². The van der Waals surface area contributed by atoms with Crippen molar-refractivity contribution in [1.29, 1.82) is 0 Å². The zero-order chi connectivity index (χ0) is 28.9. The van der Waals surface area contributed by atoms with Gasteiger partial charge in [-0.25, -0.2) is 9.78 Å². The Bertz CT molecular complexity index is 1520. The molecule has 0 unspecified atom stereocenters. The normalized spacial score (nSPS) is 14.3. The van der Waals surface area contributed by atoms with Crippen LogP contribution in [0.25, 0.3) is 22.6 Å². The maximum atomic E-state index is 12.2. The van der Waals surface area contributed by atoms with E-state index in [2.05, 4.69) is 15.0 Å². The van der Waals surface area contributed by atoms with E-state index < -0.39 is 48.2 Å². The quantitative estimate of drug-likeness (QED) is 0.133. The number of carbonyl (C=O) groups is 1. The molecule has 0 radical (unpaired) electrons. The Morgan fingerprint density at radius 2 is 1.67 bits per heavy atom. The molecule has 0 bridgehead atoms. The van der Waals surface area contributed by atoms with E-state index in [9.17, 15) is 29.7 Å². The van der Waals surface area contributed by atoms with Gasteiger partial charge in [0.2, 0.25) is 0 Å². The van der Waals surface area contributed by atoms with E-state index in [0.29, 0.717) is 17.5 Å². The van der Waals surface area contributed by atoms with Gasteiger partial charge in [0.25, 0.3) is 5.56 Å². The van der Waals surface area contributed by atoms with Gasteiger partial charge in [-0.3, -0.25) is 14.6 Å². The number of aliphatic hydroxyl groups excluding tert-OH is 4. The number of aliphatic carboxylic acids is 1. The maximum Gasteiger partial charge on any atom is 0.349 e. The summed E-state index contributed by atoms with van der Waals surface area (Å²) in [5, 5.41) is 47.3. The average molecular weight is 542 g/mol. The minimum Gasteiger partial charge on any atom is -0.480 e. The molecule has 4 rings (SSSR count). The molecule has 0 saturated carbocycles. The molecular formula is C26H31N5O8. The largest absolute Gasteiger partial charge is 0.480 e. The number of carboxylic acid groups (broad SMARTS) is 1. The molecular weight excluding hydrogens is 510 g/mol. The fourth-order valence-electron chi connectivity index (χ4n) is 3.85. The molecule has 2 aromatic rings. The molecule has 2 aromatic carbocycles. The molecule has 39 heavy (non-hydrogen) atoms. The number of hydrogen-bond donors (Lipinski definition) is 7. The average Bonchev–Trinajstić information content (AvgIpc) is 2.90. The molecule has 208 valence electrons. The second-order valence-corrected chi connectivity index (χ2v) is 9.13. The van der Waals surface area contributed by atoms with Gasteiger partial charge >= 0.3 is 11.7 Å². The third kappa shape index (κ3) is 7.10. The highest BCUT2D eigenvalue weighted by molar-refractivity contribution is 5.81. The molecule has 0 spiro atoms. The van der Waals surface area contributed by atoms with Crippen molar-refractivity contribution in [2.45, 2.75) is 51.2 Å². The number of fused-ring (bicyclic) bond motifs is 2. The van der Waals surface area contributed by atoms with Gasteiger partial charge in [-0.05, 0) is 49.1 Å². The second kappa shape index (κ2) is 12.7. The number of nitrogens with zero attached hydrogens (tertiary/aromatic N) is 3. The van der Waals surface area contributed by atoms with Crippen LogP contribution in [0.3, 0.4) is 0 Å². The van der Waals surface area contributed by atoms with Crippen LogP contribution in [0.5, 0.6) is 0 Å². The van der Waals surface area contributed by atoms with E-state index in [1.54, 1.807) is 12.1 Å². The number of H-pyrrole nitrogens is 1. The van der Waals surface area contributed by atoms with Crippen molar-refractivity contribution in [3.8, 4) is 11.5 Å². The van der Waals surface area contributed by atoms with Crippen molar-refractivity contribution in [3.05, 3.63) is 80.0 Å². The molecule has 8 N–H and O–H groups in total. The van der Waals surface area contributed by atoms with Gasteiger partial charge in [0.15, 0.2) is 11.5 Å². The number of nitrogens with one attached hydrogen (secondary N) is 1. The summed E-state index contributed by atoms with van der Waals surface area (Å²) >= 11 is 0. The van der Waals surface area contributed by atoms with E-state index >= 15 is 0 Å². The summed E-state index contributed by atoms with van der Waals surface area (Å²) in [6, 6.07) is 12.1. The minimum atomic E-state index is -1.64. The van der Waals surface area contributed by atoms with E-state index in [-0.39, 0.29) is 18.1 Å². The molecule has 13 nitrogen and oxygen atoms in total. The van der Waals surface area contributed by atoms with Crippen LogP contribution < -0.4 is 17.0 Å². The highest BCUT2D eigenvalue weighted by Crippen LogP contribution is 2.24. The predicted molar refractivity (Wildman–Crippen MR) is 141 cm³/mol. The van der Waals surface area contributed by atoms with Crippen LogP contribution in [0.4, 0.5) is 0 Å². The number of aromatic amines is 1. The molecule has 2 heterocycles. The Hall–Kier alpha value is -4.01. The molecule has 0 saturated heterocycles. The van der Waals surface area contributed by atoms with Gasteiger partial charge in [-0.1, -0.05) is 30.3 Å². The maximum absolute atomic E-state index is 12.2. The van der Waals surface area contributed by atoms with Crippen LogP contribution in [0.2, 0.25) is 0 Å². The van der Waals surface area contributed by atoms with Crippen LogP contribution in [0, 0.1) is 13.8 Å². The summed E-state index contributed by atoms with van der Waals surface area (Å²) < 4.78 is 1.40. The molecule has 0 aromatic heterocycles. The lowest BCUT2D eigenvalue weighted by Gasteiger charge is -2.25. The number of hydrogen-bond acceptors (Lipinski definition) is 10. The Kier molecular flexibility index (Phi) is 9.61. The van der Waals surface area contributed by atoms with E-state index in [1.807, 2.05) is 44.2 Å². The molecule has 0 amide bonds. The number of benzene rings is 2. The van der Waals surface area contributed by atoms with Crippen molar-refractivity contribution < 1.29 is 30.3 Å². The first-order valence-corrected chi connectivity index (χ1v) is 12.0. The summed E-state index contributed by atoms with van der Waals surface area (Å²) in [4.78, 5) is 44.4. The number of aryl methyl sites for hydroxylation is 2. The summed E-state index contributed by atoms with van der Waals surface area (Å²) in [5.74, 6) is -1.01. The van der Waals surface area contributed by atoms with Crippen LogP contribution in [-0.2, 0) is 17.8 Å². The minimum absolute atomic E-state index is 0.0516. The highest BCUT2D eigenvalue weighted by atomic mass is 16.4. The number of aliphatic hydroxyl groups is 4. The van der Waals surface area contributed by atoms with Crippen molar-refractivity contribution in [2.24, 2.45) is 5.73 Å². The zero-order valence-corrected chi connectivity index (χ0v) is 21.4. The monoisotopic (exact) mass is 541 g/mol. The SMILES string of the molecule is Cc1cc2nc3c(=O)[nH]c(=O)nc-3n(C[C@H](O)[C@H](O)[C@H](O)CO)c2cc1C.N[C@@H](Cc1ccccc1)C(=O)O. The Morgan fingerprint density at radius 1 is 1.03 bits per heavy atom. The van der Waals surface area contributed by atoms with Crippen molar-refractivity contribution in [3.63, 3.8) is 0 Å². The fraction of sp³-hybridized carbons (Fsp3) is 0.346. The predicted octanol–water partition coefficient (Wildman–Crippen LogP) is -1.08. The standard InChI is InChI=1S/C17H20N4O6.C9H11NO2/c1-7-3-9-10(4-8(7)2)21(5-11(23)14(25)12(24)6-22)15-13(18-9)16(26)20-17(27)19-15;10-8(9(11)12)6-7-4-2-1-3-5-7/h3-4,11-12,14,22-25H,5-6H2,1-2H3,(H,20,26,27);1-5,8H,6,10H2,(H,11,12)/t11-,12+,14-;8-/m00/s1. The lowest BCUT2D eigenvalue weighted by atomic mass is 10.1. The zero-order valence-electron chi connectivity index (χ0n) is 21.4. The number of carboxylic acids is 1. The van der Waals surface area contributed by atoms with Crippen molar-refractivity contribution in [1.82, 2.24) is 19.5 Å². The van der Waals surface area contributed by atoms with E-state index in [0.717, 1.165) is 16.7 Å².